The lowest BCUT2D eigenvalue weighted by Crippen LogP contribution is -2.39. The van der Waals surface area contributed by atoms with E-state index in [4.69, 9.17) is 0 Å². The van der Waals surface area contributed by atoms with Crippen LogP contribution in [-0.2, 0) is 0 Å². The van der Waals surface area contributed by atoms with Crippen LogP contribution < -0.4 is 9.80 Å². The predicted molar refractivity (Wildman–Crippen MR) is 79.0 cm³/mol. The van der Waals surface area contributed by atoms with Crippen molar-refractivity contribution in [3.63, 3.8) is 0 Å². The lowest BCUT2D eigenvalue weighted by molar-refractivity contribution is 0.154. The molecule has 2 fully saturated rings. The van der Waals surface area contributed by atoms with Gasteiger partial charge in [-0.2, -0.15) is 16.7 Å². The van der Waals surface area contributed by atoms with Gasteiger partial charge in [-0.25, -0.2) is 4.98 Å². The van der Waals surface area contributed by atoms with Crippen LogP contribution in [0.25, 0.3) is 0 Å². The van der Waals surface area contributed by atoms with Crippen LogP contribution in [0.5, 0.6) is 0 Å². The standard InChI is InChI=1S/C13H20N4OS/c18-11-2-1-5-17(10-11)12-3-4-14-13(15-12)16-6-8-19-9-7-16/h3-4,11,18H,1-2,5-10H2. The number of thioether (sulfide) groups is 1. The fourth-order valence-corrected chi connectivity index (χ4v) is 3.50. The van der Waals surface area contributed by atoms with Gasteiger partial charge >= 0.3 is 0 Å². The third kappa shape index (κ3) is 3.12. The summed E-state index contributed by atoms with van der Waals surface area (Å²) in [7, 11) is 0. The monoisotopic (exact) mass is 280 g/mol. The Bertz CT molecular complexity index is 425. The average molecular weight is 280 g/mol. The minimum atomic E-state index is -0.224. The Balaban J connectivity index is 1.75. The van der Waals surface area contributed by atoms with E-state index in [1.165, 1.54) is 0 Å². The Morgan fingerprint density at radius 2 is 2.05 bits per heavy atom. The molecule has 0 spiro atoms. The maximum absolute atomic E-state index is 9.76. The fraction of sp³-hybridized carbons (Fsp3) is 0.692. The van der Waals surface area contributed by atoms with Crippen molar-refractivity contribution in [3.05, 3.63) is 12.3 Å². The van der Waals surface area contributed by atoms with Gasteiger partial charge in [0.1, 0.15) is 5.82 Å². The molecule has 1 aromatic rings. The van der Waals surface area contributed by atoms with Crippen molar-refractivity contribution >= 4 is 23.5 Å². The first-order valence-electron chi connectivity index (χ1n) is 6.92. The third-order valence-corrected chi connectivity index (χ3v) is 4.59. The molecule has 0 saturated carbocycles. The van der Waals surface area contributed by atoms with Crippen molar-refractivity contribution in [2.75, 3.05) is 47.5 Å². The van der Waals surface area contributed by atoms with E-state index in [1.54, 1.807) is 0 Å². The molecular formula is C13H20N4OS. The number of hydrogen-bond donors (Lipinski definition) is 1. The Labute approximate surface area is 118 Å². The number of rotatable bonds is 2. The number of aliphatic hydroxyl groups excluding tert-OH is 1. The Morgan fingerprint density at radius 3 is 2.84 bits per heavy atom. The van der Waals surface area contributed by atoms with Crippen molar-refractivity contribution in [1.82, 2.24) is 9.97 Å². The van der Waals surface area contributed by atoms with Crippen LogP contribution >= 0.6 is 11.8 Å². The molecule has 5 nitrogen and oxygen atoms in total. The number of aromatic nitrogens is 2. The van der Waals surface area contributed by atoms with Gasteiger partial charge in [0.25, 0.3) is 0 Å². The first-order chi connectivity index (χ1) is 9.33. The highest BCUT2D eigenvalue weighted by Gasteiger charge is 2.20. The molecule has 2 aliphatic heterocycles. The van der Waals surface area contributed by atoms with Gasteiger partial charge in [0.2, 0.25) is 5.95 Å². The summed E-state index contributed by atoms with van der Waals surface area (Å²) in [6, 6.07) is 1.94. The number of hydrogen-bond acceptors (Lipinski definition) is 6. The highest BCUT2D eigenvalue weighted by atomic mass is 32.2. The number of nitrogens with zero attached hydrogens (tertiary/aromatic N) is 4. The van der Waals surface area contributed by atoms with Crippen LogP contribution in [0.3, 0.4) is 0 Å². The van der Waals surface area contributed by atoms with Crippen LogP contribution in [0.1, 0.15) is 12.8 Å². The quantitative estimate of drug-likeness (QED) is 0.872. The Hall–Kier alpha value is -1.01. The van der Waals surface area contributed by atoms with Gasteiger partial charge < -0.3 is 14.9 Å². The van der Waals surface area contributed by atoms with Crippen LogP contribution in [0, 0.1) is 0 Å². The Morgan fingerprint density at radius 1 is 1.21 bits per heavy atom. The molecule has 0 aliphatic carbocycles. The van der Waals surface area contributed by atoms with E-state index in [1.807, 2.05) is 24.0 Å². The number of piperidine rings is 1. The van der Waals surface area contributed by atoms with E-state index in [9.17, 15) is 5.11 Å². The van der Waals surface area contributed by atoms with Gasteiger partial charge in [-0.05, 0) is 18.9 Å². The number of anilines is 2. The van der Waals surface area contributed by atoms with Gasteiger partial charge in [0, 0.05) is 43.9 Å². The second kappa shape index (κ2) is 5.96. The molecule has 1 N–H and O–H groups in total. The van der Waals surface area contributed by atoms with E-state index in [2.05, 4.69) is 19.8 Å². The molecule has 0 amide bonds. The van der Waals surface area contributed by atoms with Gasteiger partial charge in [-0.3, -0.25) is 0 Å². The number of β-amino-alcohol motifs (C(OH)–C–C–N with tert-alkyl or cyclic N) is 1. The lowest BCUT2D eigenvalue weighted by atomic mass is 10.1. The van der Waals surface area contributed by atoms with E-state index in [-0.39, 0.29) is 6.10 Å². The maximum atomic E-state index is 9.76. The summed E-state index contributed by atoms with van der Waals surface area (Å²) in [6.45, 7) is 3.71. The summed E-state index contributed by atoms with van der Waals surface area (Å²) in [5.74, 6) is 4.08. The molecule has 0 radical (unpaired) electrons. The molecule has 6 heteroatoms. The first kappa shape index (κ1) is 13.0. The topological polar surface area (TPSA) is 52.5 Å². The van der Waals surface area contributed by atoms with Crippen LogP contribution in [0.15, 0.2) is 12.3 Å². The fourth-order valence-electron chi connectivity index (χ4n) is 2.59. The normalized spacial score (nSPS) is 24.6. The minimum absolute atomic E-state index is 0.224. The van der Waals surface area contributed by atoms with Gasteiger partial charge in [-0.1, -0.05) is 0 Å². The summed E-state index contributed by atoms with van der Waals surface area (Å²) < 4.78 is 0. The maximum Gasteiger partial charge on any atom is 0.227 e. The molecule has 3 rings (SSSR count). The summed E-state index contributed by atoms with van der Waals surface area (Å²) in [5, 5.41) is 9.76. The molecule has 0 bridgehead atoms. The van der Waals surface area contributed by atoms with Crippen molar-refractivity contribution in [2.45, 2.75) is 18.9 Å². The van der Waals surface area contributed by atoms with Crippen molar-refractivity contribution < 1.29 is 5.11 Å². The minimum Gasteiger partial charge on any atom is -0.391 e. The smallest absolute Gasteiger partial charge is 0.227 e. The summed E-state index contributed by atoms with van der Waals surface area (Å²) in [5.41, 5.74) is 0. The van der Waals surface area contributed by atoms with Gasteiger partial charge in [0.05, 0.1) is 6.10 Å². The molecule has 3 heterocycles. The van der Waals surface area contributed by atoms with Crippen molar-refractivity contribution in [1.29, 1.82) is 0 Å². The zero-order valence-corrected chi connectivity index (χ0v) is 11.8. The van der Waals surface area contributed by atoms with E-state index in [0.717, 1.165) is 55.7 Å². The van der Waals surface area contributed by atoms with Crippen LogP contribution in [-0.4, -0.2) is 58.9 Å². The second-order valence-electron chi connectivity index (χ2n) is 5.06. The first-order valence-corrected chi connectivity index (χ1v) is 8.07. The zero-order chi connectivity index (χ0) is 13.1. The molecule has 104 valence electrons. The van der Waals surface area contributed by atoms with E-state index < -0.39 is 0 Å². The van der Waals surface area contributed by atoms with E-state index in [0.29, 0.717) is 6.54 Å². The molecule has 1 atom stereocenters. The second-order valence-corrected chi connectivity index (χ2v) is 6.28. The molecule has 1 aromatic heterocycles. The highest BCUT2D eigenvalue weighted by Crippen LogP contribution is 2.21. The molecule has 0 aromatic carbocycles. The molecule has 19 heavy (non-hydrogen) atoms. The third-order valence-electron chi connectivity index (χ3n) is 3.64. The van der Waals surface area contributed by atoms with Crippen LogP contribution in [0.2, 0.25) is 0 Å². The van der Waals surface area contributed by atoms with E-state index >= 15 is 0 Å². The number of aliphatic hydroxyl groups is 1. The molecule has 1 unspecified atom stereocenters. The van der Waals surface area contributed by atoms with Gasteiger partial charge in [0.15, 0.2) is 0 Å². The predicted octanol–water partition coefficient (Wildman–Crippen LogP) is 0.991. The summed E-state index contributed by atoms with van der Waals surface area (Å²) >= 11 is 1.99. The van der Waals surface area contributed by atoms with Crippen molar-refractivity contribution in [3.8, 4) is 0 Å². The molecular weight excluding hydrogens is 260 g/mol. The lowest BCUT2D eigenvalue weighted by Gasteiger charge is -2.32. The molecule has 2 saturated heterocycles. The van der Waals surface area contributed by atoms with Crippen LogP contribution in [0.4, 0.5) is 11.8 Å². The summed E-state index contributed by atoms with van der Waals surface area (Å²) in [4.78, 5) is 13.5. The summed E-state index contributed by atoms with van der Waals surface area (Å²) in [6.07, 6.45) is 3.54. The van der Waals surface area contributed by atoms with Gasteiger partial charge in [-0.15, -0.1) is 0 Å². The SMILES string of the molecule is OC1CCCN(c2ccnc(N3CCSCC3)n2)C1. The largest absolute Gasteiger partial charge is 0.391 e. The van der Waals surface area contributed by atoms with Crippen molar-refractivity contribution in [2.24, 2.45) is 0 Å². The highest BCUT2D eigenvalue weighted by molar-refractivity contribution is 7.99. The Kier molecular flexibility index (Phi) is 4.08. The molecule has 2 aliphatic rings. The zero-order valence-electron chi connectivity index (χ0n) is 11.0. The average Bonchev–Trinajstić information content (AvgIpc) is 2.48.